The first kappa shape index (κ1) is 29.8. The van der Waals surface area contributed by atoms with Gasteiger partial charge in [0.15, 0.2) is 17.2 Å². The topological polar surface area (TPSA) is 132 Å². The maximum absolute atomic E-state index is 14.5. The minimum absolute atomic E-state index is 0.0649. The predicted octanol–water partition coefficient (Wildman–Crippen LogP) is 5.98. The van der Waals surface area contributed by atoms with Crippen LogP contribution in [0, 0.1) is 22.7 Å². The number of fused-ring (bicyclic) bond motifs is 3. The van der Waals surface area contributed by atoms with Gasteiger partial charge >= 0.3 is 0 Å². The number of allylic oxidation sites excluding steroid dienone is 1. The first-order valence-electron chi connectivity index (χ1n) is 14.8. The summed E-state index contributed by atoms with van der Waals surface area (Å²) >= 11 is 0. The van der Waals surface area contributed by atoms with E-state index in [1.165, 1.54) is 11.6 Å². The number of rotatable bonds is 5. The van der Waals surface area contributed by atoms with Gasteiger partial charge < -0.3 is 20.4 Å². The van der Waals surface area contributed by atoms with Crippen molar-refractivity contribution in [1.82, 2.24) is 0 Å². The number of ketones is 3. The zero-order chi connectivity index (χ0) is 31.1. The Morgan fingerprint density at radius 2 is 1.64 bits per heavy atom. The molecular weight excluding hydrogens is 532 g/mol. The average molecular weight is 573 g/mol. The van der Waals surface area contributed by atoms with Gasteiger partial charge in [-0.3, -0.25) is 14.4 Å². The molecule has 0 spiro atoms. The highest BCUT2D eigenvalue weighted by molar-refractivity contribution is 6.24. The highest BCUT2D eigenvalue weighted by atomic mass is 16.3. The average Bonchev–Trinajstić information content (AvgIpc) is 2.90. The monoisotopic (exact) mass is 572 g/mol. The molecule has 4 atom stereocenters. The Morgan fingerprint density at radius 3 is 2.21 bits per heavy atom. The third kappa shape index (κ3) is 3.72. The molecule has 2 aromatic rings. The van der Waals surface area contributed by atoms with Gasteiger partial charge in [0.1, 0.15) is 22.8 Å². The van der Waals surface area contributed by atoms with Crippen LogP contribution in [0.5, 0.6) is 5.75 Å². The number of benzene rings is 2. The molecule has 0 aliphatic heterocycles. The van der Waals surface area contributed by atoms with Gasteiger partial charge in [-0.05, 0) is 72.4 Å². The molecule has 3 aliphatic rings. The first-order chi connectivity index (χ1) is 19.6. The van der Waals surface area contributed by atoms with Crippen molar-refractivity contribution in [1.29, 1.82) is 0 Å². The van der Waals surface area contributed by atoms with Crippen LogP contribution in [-0.4, -0.2) is 43.4 Å². The van der Waals surface area contributed by atoms with Crippen molar-refractivity contribution in [2.24, 2.45) is 22.7 Å². The maximum atomic E-state index is 14.5. The summed E-state index contributed by atoms with van der Waals surface area (Å²) in [6.07, 6.45) is 1.97. The fourth-order valence-corrected chi connectivity index (χ4v) is 8.39. The van der Waals surface area contributed by atoms with E-state index in [1.54, 1.807) is 20.8 Å². The normalized spacial score (nSPS) is 29.0. The number of aryl methyl sites for hydroxylation is 2. The van der Waals surface area contributed by atoms with Crippen LogP contribution in [0.15, 0.2) is 47.2 Å². The summed E-state index contributed by atoms with van der Waals surface area (Å²) in [6.45, 7) is 12.3. The quantitative estimate of drug-likeness (QED) is 0.324. The van der Waals surface area contributed by atoms with Gasteiger partial charge in [-0.2, -0.15) is 0 Å². The molecular formula is C35H40O7. The molecule has 7 heteroatoms. The molecule has 1 saturated carbocycles. The zero-order valence-electron chi connectivity index (χ0n) is 25.4. The number of hydrogen-bond donors (Lipinski definition) is 4. The van der Waals surface area contributed by atoms with E-state index in [-0.39, 0.29) is 35.6 Å². The third-order valence-corrected chi connectivity index (χ3v) is 10.1. The van der Waals surface area contributed by atoms with Crippen LogP contribution in [0.1, 0.15) is 77.1 Å². The molecule has 1 unspecified atom stereocenters. The number of carbonyl (C=O) groups is 3. The van der Waals surface area contributed by atoms with Crippen molar-refractivity contribution in [2.75, 3.05) is 0 Å². The van der Waals surface area contributed by atoms with Crippen molar-refractivity contribution in [3.8, 4) is 16.9 Å². The predicted molar refractivity (Wildman–Crippen MR) is 160 cm³/mol. The van der Waals surface area contributed by atoms with Crippen molar-refractivity contribution >= 4 is 23.1 Å². The molecule has 7 nitrogen and oxygen atoms in total. The summed E-state index contributed by atoms with van der Waals surface area (Å²) in [5.74, 6) is -5.23. The van der Waals surface area contributed by atoms with Crippen LogP contribution in [0.25, 0.3) is 16.9 Å². The minimum Gasteiger partial charge on any atom is -0.508 e. The highest BCUT2D eigenvalue weighted by Crippen LogP contribution is 2.65. The molecule has 42 heavy (non-hydrogen) atoms. The van der Waals surface area contributed by atoms with E-state index in [4.69, 9.17) is 0 Å². The van der Waals surface area contributed by atoms with Gasteiger partial charge in [0, 0.05) is 22.3 Å². The number of hydrogen-bond acceptors (Lipinski definition) is 7. The van der Waals surface area contributed by atoms with E-state index < -0.39 is 56.8 Å². The number of Topliss-reactive ketones (excluding diaryl/α,β-unsaturated/α-hetero) is 3. The van der Waals surface area contributed by atoms with Gasteiger partial charge in [0.05, 0.1) is 5.56 Å². The van der Waals surface area contributed by atoms with Crippen molar-refractivity contribution in [2.45, 2.75) is 79.8 Å². The maximum Gasteiger partial charge on any atom is 0.203 e. The van der Waals surface area contributed by atoms with E-state index in [9.17, 15) is 34.8 Å². The van der Waals surface area contributed by atoms with Crippen LogP contribution in [-0.2, 0) is 33.6 Å². The summed E-state index contributed by atoms with van der Waals surface area (Å²) in [5.41, 5.74) is -0.952. The zero-order valence-corrected chi connectivity index (χ0v) is 25.4. The van der Waals surface area contributed by atoms with E-state index in [2.05, 4.69) is 32.0 Å². The number of aliphatic hydroxyl groups excluding tert-OH is 2. The van der Waals surface area contributed by atoms with E-state index >= 15 is 0 Å². The summed E-state index contributed by atoms with van der Waals surface area (Å²) < 4.78 is 0. The Balaban J connectivity index is 1.82. The lowest BCUT2D eigenvalue weighted by Gasteiger charge is -2.59. The van der Waals surface area contributed by atoms with Gasteiger partial charge in [-0.1, -0.05) is 65.8 Å². The fraction of sp³-hybridized carbons (Fsp3) is 0.457. The molecule has 222 valence electrons. The molecule has 0 radical (unpaired) electrons. The third-order valence-electron chi connectivity index (χ3n) is 10.1. The van der Waals surface area contributed by atoms with Gasteiger partial charge in [-0.25, -0.2) is 0 Å². The van der Waals surface area contributed by atoms with Crippen LogP contribution in [0.4, 0.5) is 0 Å². The molecule has 0 amide bonds. The molecule has 0 bridgehead atoms. The van der Waals surface area contributed by atoms with Crippen LogP contribution < -0.4 is 0 Å². The molecule has 1 fully saturated rings. The number of phenolic OH excluding ortho intramolecular Hbond substituents is 1. The van der Waals surface area contributed by atoms with Crippen molar-refractivity contribution in [3.05, 3.63) is 69.5 Å². The molecule has 0 heterocycles. The number of aromatic hydroxyl groups is 1. The Labute approximate surface area is 246 Å². The smallest absolute Gasteiger partial charge is 0.203 e. The Bertz CT molecular complexity index is 1630. The molecule has 5 rings (SSSR count). The van der Waals surface area contributed by atoms with E-state index in [0.717, 1.165) is 36.5 Å². The SMILES string of the molecule is CCc1ccc(-c2ccc(O)c3c2C[C@]2(C)C[C@]4(C)C(C(C)C)C(=O)C(C(C)=O)=C(O)[C@]4(O)C(=O)C2=C3O)c(CC)c1. The molecule has 3 aliphatic carbocycles. The Kier molecular flexibility index (Phi) is 6.85. The minimum atomic E-state index is -2.62. The lowest BCUT2D eigenvalue weighted by Crippen LogP contribution is -2.69. The van der Waals surface area contributed by atoms with Gasteiger partial charge in [-0.15, -0.1) is 0 Å². The summed E-state index contributed by atoms with van der Waals surface area (Å²) in [5, 5.41) is 46.3. The van der Waals surface area contributed by atoms with E-state index in [1.807, 2.05) is 13.0 Å². The second kappa shape index (κ2) is 9.66. The summed E-state index contributed by atoms with van der Waals surface area (Å²) in [4.78, 5) is 40.7. The number of aliphatic hydroxyl groups is 3. The molecule has 0 saturated heterocycles. The Morgan fingerprint density at radius 1 is 1.00 bits per heavy atom. The van der Waals surface area contributed by atoms with Crippen LogP contribution in [0.2, 0.25) is 0 Å². The second-order valence-corrected chi connectivity index (χ2v) is 13.1. The fourth-order valence-electron chi connectivity index (χ4n) is 8.39. The molecule has 4 N–H and O–H groups in total. The lowest BCUT2D eigenvalue weighted by molar-refractivity contribution is -0.178. The standard InChI is InChI=1S/C35H40O7/c1-8-19-10-11-21(20(9-2)14-19)22-12-13-24(37)26-23(22)15-33(6)16-34(7)27(17(3)4)29(38)25(18(5)36)31(40)35(34,42)32(41)28(33)30(26)39/h10-14,17,27,37,39-40,42H,8-9,15-16H2,1-7H3/t27?,33-,34-,35+/m1/s1. The van der Waals surface area contributed by atoms with Gasteiger partial charge in [0.25, 0.3) is 0 Å². The summed E-state index contributed by atoms with van der Waals surface area (Å²) in [7, 11) is 0. The van der Waals surface area contributed by atoms with Crippen LogP contribution >= 0.6 is 0 Å². The number of phenols is 1. The second-order valence-electron chi connectivity index (χ2n) is 13.1. The van der Waals surface area contributed by atoms with Crippen molar-refractivity contribution < 1.29 is 34.8 Å². The lowest BCUT2D eigenvalue weighted by atomic mass is 9.43. The summed E-state index contributed by atoms with van der Waals surface area (Å²) in [6, 6.07) is 9.59. The molecule has 0 aromatic heterocycles. The molecule has 2 aromatic carbocycles. The van der Waals surface area contributed by atoms with Crippen LogP contribution in [0.3, 0.4) is 0 Å². The Hall–Kier alpha value is -3.71. The number of carbonyl (C=O) groups excluding carboxylic acids is 3. The van der Waals surface area contributed by atoms with E-state index in [0.29, 0.717) is 5.56 Å². The van der Waals surface area contributed by atoms with Gasteiger partial charge in [0.2, 0.25) is 5.78 Å². The first-order valence-corrected chi connectivity index (χ1v) is 14.8. The highest BCUT2D eigenvalue weighted by Gasteiger charge is 2.72. The largest absolute Gasteiger partial charge is 0.508 e. The van der Waals surface area contributed by atoms with Crippen molar-refractivity contribution in [3.63, 3.8) is 0 Å².